The summed E-state index contributed by atoms with van der Waals surface area (Å²) in [4.78, 5) is 5.48. The van der Waals surface area contributed by atoms with Crippen molar-refractivity contribution in [3.63, 3.8) is 0 Å². The van der Waals surface area contributed by atoms with Gasteiger partial charge in [0.1, 0.15) is 0 Å². The van der Waals surface area contributed by atoms with Crippen molar-refractivity contribution in [1.82, 2.24) is 10.3 Å². The average molecular weight is 278 g/mol. The van der Waals surface area contributed by atoms with Crippen LogP contribution < -0.4 is 5.32 Å². The Morgan fingerprint density at radius 2 is 2.21 bits per heavy atom. The number of nitrogens with one attached hydrogen (secondary N) is 1. The zero-order chi connectivity index (χ0) is 13.5. The monoisotopic (exact) mass is 278 g/mol. The zero-order valence-electron chi connectivity index (χ0n) is 11.2. The Morgan fingerprint density at radius 3 is 3.00 bits per heavy atom. The molecule has 0 spiro atoms. The molecule has 0 aliphatic carbocycles. The average Bonchev–Trinajstić information content (AvgIpc) is 2.92. The van der Waals surface area contributed by atoms with E-state index in [2.05, 4.69) is 28.7 Å². The second-order valence-corrected chi connectivity index (χ2v) is 4.84. The van der Waals surface area contributed by atoms with E-state index in [9.17, 15) is 0 Å². The fraction of sp³-hybridized carbons (Fsp3) is 0.357. The topological polar surface area (TPSA) is 47.3 Å². The van der Waals surface area contributed by atoms with E-state index < -0.39 is 0 Å². The van der Waals surface area contributed by atoms with Crippen LogP contribution in [0.25, 0.3) is 11.3 Å². The number of hydrogen-bond donors (Lipinski definition) is 1. The molecule has 0 aliphatic heterocycles. The first-order chi connectivity index (χ1) is 9.35. The summed E-state index contributed by atoms with van der Waals surface area (Å²) >= 11 is 1.70. The van der Waals surface area contributed by atoms with E-state index in [1.807, 2.05) is 12.1 Å². The summed E-state index contributed by atoms with van der Waals surface area (Å²) < 4.78 is 10.7. The molecule has 102 valence electrons. The molecule has 5 heteroatoms. The van der Waals surface area contributed by atoms with Crippen LogP contribution in [0.2, 0.25) is 0 Å². The summed E-state index contributed by atoms with van der Waals surface area (Å²) in [5.41, 5.74) is 1.09. The molecule has 0 saturated carbocycles. The van der Waals surface area contributed by atoms with Crippen LogP contribution in [-0.4, -0.2) is 31.5 Å². The highest BCUT2D eigenvalue weighted by molar-refractivity contribution is 7.98. The largest absolute Gasteiger partial charge is 0.439 e. The molecule has 2 rings (SSSR count). The molecule has 0 atom stereocenters. The van der Waals surface area contributed by atoms with Crippen molar-refractivity contribution in [3.05, 3.63) is 36.4 Å². The van der Waals surface area contributed by atoms with Gasteiger partial charge in [-0.25, -0.2) is 4.98 Å². The van der Waals surface area contributed by atoms with Gasteiger partial charge in [0.25, 0.3) is 0 Å². The molecular weight excluding hydrogens is 260 g/mol. The van der Waals surface area contributed by atoms with Crippen LogP contribution in [0.3, 0.4) is 0 Å². The minimum absolute atomic E-state index is 0.616. The summed E-state index contributed by atoms with van der Waals surface area (Å²) in [6.45, 7) is 2.09. The van der Waals surface area contributed by atoms with E-state index in [-0.39, 0.29) is 0 Å². The van der Waals surface area contributed by atoms with Gasteiger partial charge in [0.15, 0.2) is 5.76 Å². The van der Waals surface area contributed by atoms with Gasteiger partial charge < -0.3 is 14.5 Å². The molecule has 0 fully saturated rings. The standard InChI is InChI=1S/C14H18N2O2S/c1-17-8-7-15-10-14-16-9-12(18-14)11-5-3-4-6-13(11)19-2/h3-6,9,15H,7-8,10H2,1-2H3. The highest BCUT2D eigenvalue weighted by Crippen LogP contribution is 2.30. The maximum atomic E-state index is 5.76. The smallest absolute Gasteiger partial charge is 0.208 e. The first-order valence-corrected chi connectivity index (χ1v) is 7.35. The molecule has 1 N–H and O–H groups in total. The Bertz CT molecular complexity index is 514. The van der Waals surface area contributed by atoms with E-state index in [0.29, 0.717) is 19.0 Å². The van der Waals surface area contributed by atoms with Crippen LogP contribution in [0.1, 0.15) is 5.89 Å². The second kappa shape index (κ2) is 7.33. The van der Waals surface area contributed by atoms with Gasteiger partial charge in [-0.1, -0.05) is 18.2 Å². The molecule has 1 heterocycles. The number of aromatic nitrogens is 1. The molecule has 0 unspecified atom stereocenters. The maximum Gasteiger partial charge on any atom is 0.208 e. The minimum Gasteiger partial charge on any atom is -0.439 e. The van der Waals surface area contributed by atoms with E-state index in [0.717, 1.165) is 17.9 Å². The van der Waals surface area contributed by atoms with Crippen LogP contribution in [0.4, 0.5) is 0 Å². The van der Waals surface area contributed by atoms with Gasteiger partial charge in [-0.2, -0.15) is 0 Å². The summed E-state index contributed by atoms with van der Waals surface area (Å²) in [7, 11) is 1.68. The SMILES string of the molecule is COCCNCc1ncc(-c2ccccc2SC)o1. The quantitative estimate of drug-likeness (QED) is 0.623. The fourth-order valence-corrected chi connectivity index (χ4v) is 2.34. The molecular formula is C14H18N2O2S. The van der Waals surface area contributed by atoms with Crippen LogP contribution in [-0.2, 0) is 11.3 Å². The van der Waals surface area contributed by atoms with E-state index in [1.165, 1.54) is 4.90 Å². The van der Waals surface area contributed by atoms with Gasteiger partial charge in [-0.3, -0.25) is 0 Å². The Morgan fingerprint density at radius 1 is 1.37 bits per heavy atom. The summed E-state index contributed by atoms with van der Waals surface area (Å²) in [5, 5.41) is 3.21. The molecule has 4 nitrogen and oxygen atoms in total. The molecule has 0 saturated heterocycles. The predicted octanol–water partition coefficient (Wildman–Crippen LogP) is 2.80. The van der Waals surface area contributed by atoms with Crippen molar-refractivity contribution in [3.8, 4) is 11.3 Å². The maximum absolute atomic E-state index is 5.76. The van der Waals surface area contributed by atoms with Gasteiger partial charge in [-0.15, -0.1) is 11.8 Å². The number of benzene rings is 1. The Labute approximate surface area is 117 Å². The summed E-state index contributed by atoms with van der Waals surface area (Å²) in [6.07, 6.45) is 3.84. The number of ether oxygens (including phenoxy) is 1. The Hall–Kier alpha value is -1.30. The first-order valence-electron chi connectivity index (χ1n) is 6.13. The van der Waals surface area contributed by atoms with E-state index in [4.69, 9.17) is 9.15 Å². The number of hydrogen-bond acceptors (Lipinski definition) is 5. The van der Waals surface area contributed by atoms with Crippen molar-refractivity contribution in [2.24, 2.45) is 0 Å². The first kappa shape index (κ1) is 14.1. The van der Waals surface area contributed by atoms with Crippen molar-refractivity contribution in [2.75, 3.05) is 26.5 Å². The van der Waals surface area contributed by atoms with Crippen LogP contribution in [0.5, 0.6) is 0 Å². The van der Waals surface area contributed by atoms with Crippen molar-refractivity contribution in [1.29, 1.82) is 0 Å². The van der Waals surface area contributed by atoms with Crippen molar-refractivity contribution < 1.29 is 9.15 Å². The lowest BCUT2D eigenvalue weighted by molar-refractivity contribution is 0.198. The van der Waals surface area contributed by atoms with Crippen molar-refractivity contribution >= 4 is 11.8 Å². The number of thioether (sulfide) groups is 1. The summed E-state index contributed by atoms with van der Waals surface area (Å²) in [5.74, 6) is 1.51. The molecule has 1 aromatic heterocycles. The normalized spacial score (nSPS) is 10.8. The van der Waals surface area contributed by atoms with Gasteiger partial charge in [0.2, 0.25) is 5.89 Å². The molecule has 0 bridgehead atoms. The third kappa shape index (κ3) is 3.83. The number of nitrogens with zero attached hydrogens (tertiary/aromatic N) is 1. The predicted molar refractivity (Wildman–Crippen MR) is 77.3 cm³/mol. The van der Waals surface area contributed by atoms with Gasteiger partial charge in [0, 0.05) is 24.1 Å². The molecule has 1 aromatic carbocycles. The molecule has 0 amide bonds. The number of rotatable bonds is 7. The lowest BCUT2D eigenvalue weighted by Crippen LogP contribution is -2.18. The van der Waals surface area contributed by atoms with Crippen LogP contribution in [0, 0.1) is 0 Å². The van der Waals surface area contributed by atoms with Crippen LogP contribution >= 0.6 is 11.8 Å². The third-order valence-corrected chi connectivity index (χ3v) is 3.48. The fourth-order valence-electron chi connectivity index (χ4n) is 1.73. The lowest BCUT2D eigenvalue weighted by atomic mass is 10.2. The van der Waals surface area contributed by atoms with Crippen LogP contribution in [0.15, 0.2) is 39.8 Å². The molecule has 0 aliphatic rings. The highest BCUT2D eigenvalue weighted by Gasteiger charge is 2.09. The highest BCUT2D eigenvalue weighted by atomic mass is 32.2. The third-order valence-electron chi connectivity index (χ3n) is 2.69. The van der Waals surface area contributed by atoms with Gasteiger partial charge in [0.05, 0.1) is 19.3 Å². The molecule has 2 aromatic rings. The van der Waals surface area contributed by atoms with E-state index in [1.54, 1.807) is 25.1 Å². The van der Waals surface area contributed by atoms with Gasteiger partial charge in [-0.05, 0) is 12.3 Å². The molecule has 0 radical (unpaired) electrons. The molecule has 19 heavy (non-hydrogen) atoms. The second-order valence-electron chi connectivity index (χ2n) is 3.99. The Kier molecular flexibility index (Phi) is 5.44. The number of methoxy groups -OCH3 is 1. The Balaban J connectivity index is 2.04. The lowest BCUT2D eigenvalue weighted by Gasteiger charge is -2.03. The van der Waals surface area contributed by atoms with Gasteiger partial charge >= 0.3 is 0 Å². The minimum atomic E-state index is 0.616. The number of oxazole rings is 1. The van der Waals surface area contributed by atoms with E-state index >= 15 is 0 Å². The van der Waals surface area contributed by atoms with Crippen molar-refractivity contribution in [2.45, 2.75) is 11.4 Å². The summed E-state index contributed by atoms with van der Waals surface area (Å²) in [6, 6.07) is 8.17. The zero-order valence-corrected chi connectivity index (χ0v) is 12.0.